The Kier molecular flexibility index (Phi) is 8.67. The zero-order valence-electron chi connectivity index (χ0n) is 19.8. The molecule has 31 heavy (non-hydrogen) atoms. The van der Waals surface area contributed by atoms with Crippen LogP contribution in [0.5, 0.6) is 0 Å². The van der Waals surface area contributed by atoms with Crippen LogP contribution in [0.3, 0.4) is 0 Å². The van der Waals surface area contributed by atoms with Gasteiger partial charge in [0.05, 0.1) is 6.04 Å². The van der Waals surface area contributed by atoms with Gasteiger partial charge >= 0.3 is 0 Å². The van der Waals surface area contributed by atoms with Gasteiger partial charge in [0.1, 0.15) is 0 Å². The number of nitrogens with one attached hydrogen (secondary N) is 1. The van der Waals surface area contributed by atoms with E-state index in [4.69, 9.17) is 0 Å². The molecule has 3 rings (SSSR count). The molecule has 5 heteroatoms. The van der Waals surface area contributed by atoms with Crippen molar-refractivity contribution >= 4 is 11.7 Å². The fourth-order valence-corrected chi connectivity index (χ4v) is 5.39. The first kappa shape index (κ1) is 23.9. The zero-order chi connectivity index (χ0) is 22.4. The molecular formula is C26H41N3O2. The summed E-state index contributed by atoms with van der Waals surface area (Å²) in [6.45, 7) is 10.2. The van der Waals surface area contributed by atoms with Crippen molar-refractivity contribution in [1.29, 1.82) is 0 Å². The van der Waals surface area contributed by atoms with E-state index >= 15 is 0 Å². The van der Waals surface area contributed by atoms with Crippen LogP contribution in [0.4, 0.5) is 0 Å². The summed E-state index contributed by atoms with van der Waals surface area (Å²) in [6, 6.07) is 10.8. The molecule has 1 aromatic carbocycles. The number of carbonyl (C=O) groups is 2. The van der Waals surface area contributed by atoms with Crippen molar-refractivity contribution in [2.24, 2.45) is 17.8 Å². The summed E-state index contributed by atoms with van der Waals surface area (Å²) < 4.78 is 0. The van der Waals surface area contributed by atoms with E-state index in [9.17, 15) is 9.59 Å². The van der Waals surface area contributed by atoms with E-state index in [-0.39, 0.29) is 29.6 Å². The maximum absolute atomic E-state index is 13.6. The number of hydrogen-bond acceptors (Lipinski definition) is 4. The second-order valence-electron chi connectivity index (χ2n) is 9.74. The standard InChI is InChI=1S/C26H41N3O2/c1-5-23(27-4)25(30)17-22(19(2)3)26(31)29-16-13-21-12-15-28(18-24(21)29)14-11-20-9-7-6-8-10-20/h6-10,19,21-24,27H,5,11-18H2,1-4H3/t21-,22+,23+,24-/m1/s1. The third kappa shape index (κ3) is 5.95. The first-order chi connectivity index (χ1) is 14.9. The van der Waals surface area contributed by atoms with Crippen LogP contribution in [0.1, 0.15) is 52.0 Å². The number of benzene rings is 1. The lowest BCUT2D eigenvalue weighted by Crippen LogP contribution is -2.52. The summed E-state index contributed by atoms with van der Waals surface area (Å²) in [6.07, 6.45) is 4.44. The predicted molar refractivity (Wildman–Crippen MR) is 126 cm³/mol. The third-order valence-corrected chi connectivity index (χ3v) is 7.48. The van der Waals surface area contributed by atoms with Gasteiger partial charge in [-0.1, -0.05) is 51.1 Å². The van der Waals surface area contributed by atoms with E-state index in [1.54, 1.807) is 0 Å². The Morgan fingerprint density at radius 3 is 2.48 bits per heavy atom. The highest BCUT2D eigenvalue weighted by Gasteiger charge is 2.43. The number of Topliss-reactive ketones (excluding diaryl/α,β-unsaturated/α-hetero) is 1. The summed E-state index contributed by atoms with van der Waals surface area (Å²) in [7, 11) is 1.83. The first-order valence-corrected chi connectivity index (χ1v) is 12.2. The molecule has 4 atom stereocenters. The van der Waals surface area contributed by atoms with Gasteiger partial charge in [-0.25, -0.2) is 0 Å². The SMILES string of the molecule is CC[C@H](NC)C(=O)C[C@H](C(=O)N1CC[C@H]2CCN(CCc3ccccc3)C[C@H]21)C(C)C. The minimum absolute atomic E-state index is 0.150. The maximum atomic E-state index is 13.6. The van der Waals surface area contributed by atoms with E-state index in [0.717, 1.165) is 45.4 Å². The number of likely N-dealkylation sites (tertiary alicyclic amines) is 2. The molecule has 1 N–H and O–H groups in total. The summed E-state index contributed by atoms with van der Waals surface area (Å²) in [5, 5.41) is 3.10. The number of fused-ring (bicyclic) bond motifs is 1. The Bertz CT molecular complexity index is 717. The van der Waals surface area contributed by atoms with Crippen LogP contribution < -0.4 is 5.32 Å². The Balaban J connectivity index is 1.62. The van der Waals surface area contributed by atoms with Crippen LogP contribution in [-0.2, 0) is 16.0 Å². The van der Waals surface area contributed by atoms with Crippen LogP contribution in [-0.4, -0.2) is 66.8 Å². The highest BCUT2D eigenvalue weighted by atomic mass is 16.2. The molecule has 5 nitrogen and oxygen atoms in total. The average molecular weight is 428 g/mol. The fraction of sp³-hybridized carbons (Fsp3) is 0.692. The van der Waals surface area contributed by atoms with E-state index in [0.29, 0.717) is 18.4 Å². The van der Waals surface area contributed by atoms with Crippen LogP contribution in [0.15, 0.2) is 30.3 Å². The van der Waals surface area contributed by atoms with E-state index in [1.165, 1.54) is 12.0 Å². The minimum Gasteiger partial charge on any atom is -0.338 e. The maximum Gasteiger partial charge on any atom is 0.226 e. The smallest absolute Gasteiger partial charge is 0.226 e. The number of carbonyl (C=O) groups excluding carboxylic acids is 2. The Hall–Kier alpha value is -1.72. The highest BCUT2D eigenvalue weighted by Crippen LogP contribution is 2.34. The largest absolute Gasteiger partial charge is 0.338 e. The van der Waals surface area contributed by atoms with Crippen LogP contribution in [0.25, 0.3) is 0 Å². The molecule has 0 unspecified atom stereocenters. The minimum atomic E-state index is -0.214. The zero-order valence-corrected chi connectivity index (χ0v) is 19.8. The Labute approximate surface area is 188 Å². The van der Waals surface area contributed by atoms with Gasteiger partial charge in [0.25, 0.3) is 0 Å². The molecule has 1 aromatic rings. The van der Waals surface area contributed by atoms with Crippen molar-refractivity contribution in [2.45, 2.75) is 65.0 Å². The van der Waals surface area contributed by atoms with Crippen LogP contribution in [0.2, 0.25) is 0 Å². The lowest BCUT2D eigenvalue weighted by atomic mass is 9.86. The van der Waals surface area contributed by atoms with Gasteiger partial charge in [-0.05, 0) is 56.7 Å². The number of hydrogen-bond donors (Lipinski definition) is 1. The van der Waals surface area contributed by atoms with Gasteiger partial charge in [-0.2, -0.15) is 0 Å². The van der Waals surface area contributed by atoms with Gasteiger partial charge in [0.15, 0.2) is 5.78 Å². The number of ketones is 1. The van der Waals surface area contributed by atoms with Gasteiger partial charge in [0.2, 0.25) is 5.91 Å². The summed E-state index contributed by atoms with van der Waals surface area (Å²) >= 11 is 0. The molecule has 172 valence electrons. The second-order valence-corrected chi connectivity index (χ2v) is 9.74. The van der Waals surface area contributed by atoms with E-state index in [2.05, 4.69) is 59.3 Å². The normalized spacial score (nSPS) is 23.6. The predicted octanol–water partition coefficient (Wildman–Crippen LogP) is 3.38. The summed E-state index contributed by atoms with van der Waals surface area (Å²) in [4.78, 5) is 31.0. The van der Waals surface area contributed by atoms with Crippen molar-refractivity contribution in [1.82, 2.24) is 15.1 Å². The fourth-order valence-electron chi connectivity index (χ4n) is 5.39. The average Bonchev–Trinajstić information content (AvgIpc) is 3.20. The second kappa shape index (κ2) is 11.2. The highest BCUT2D eigenvalue weighted by molar-refractivity contribution is 5.90. The van der Waals surface area contributed by atoms with E-state index < -0.39 is 0 Å². The van der Waals surface area contributed by atoms with E-state index in [1.807, 2.05) is 14.0 Å². The molecule has 2 saturated heterocycles. The number of piperidine rings is 1. The monoisotopic (exact) mass is 427 g/mol. The van der Waals surface area contributed by atoms with Crippen molar-refractivity contribution in [2.75, 3.05) is 33.2 Å². The number of nitrogens with zero attached hydrogens (tertiary/aromatic N) is 2. The molecular weight excluding hydrogens is 386 g/mol. The van der Waals surface area contributed by atoms with Crippen molar-refractivity contribution in [3.8, 4) is 0 Å². The van der Waals surface area contributed by atoms with Gasteiger partial charge < -0.3 is 15.1 Å². The topological polar surface area (TPSA) is 52.7 Å². The van der Waals surface area contributed by atoms with Crippen molar-refractivity contribution in [3.05, 3.63) is 35.9 Å². The van der Waals surface area contributed by atoms with Gasteiger partial charge in [-0.15, -0.1) is 0 Å². The van der Waals surface area contributed by atoms with Crippen LogP contribution in [0, 0.1) is 17.8 Å². The molecule has 1 amide bonds. The van der Waals surface area contributed by atoms with Crippen LogP contribution >= 0.6 is 0 Å². The molecule has 0 radical (unpaired) electrons. The molecule has 2 aliphatic rings. The molecule has 0 aromatic heterocycles. The molecule has 0 aliphatic carbocycles. The molecule has 0 saturated carbocycles. The first-order valence-electron chi connectivity index (χ1n) is 12.2. The molecule has 2 fully saturated rings. The molecule has 0 bridgehead atoms. The summed E-state index contributed by atoms with van der Waals surface area (Å²) in [5.41, 5.74) is 1.37. The van der Waals surface area contributed by atoms with Gasteiger partial charge in [0, 0.05) is 38.0 Å². The van der Waals surface area contributed by atoms with Crippen molar-refractivity contribution < 1.29 is 9.59 Å². The Morgan fingerprint density at radius 2 is 1.84 bits per heavy atom. The Morgan fingerprint density at radius 1 is 1.13 bits per heavy atom. The molecule has 2 aliphatic heterocycles. The third-order valence-electron chi connectivity index (χ3n) is 7.48. The number of rotatable bonds is 10. The van der Waals surface area contributed by atoms with Crippen molar-refractivity contribution in [3.63, 3.8) is 0 Å². The number of likely N-dealkylation sites (N-methyl/N-ethyl adjacent to an activating group) is 1. The summed E-state index contributed by atoms with van der Waals surface area (Å²) in [5.74, 6) is 0.935. The van der Waals surface area contributed by atoms with Gasteiger partial charge in [-0.3, -0.25) is 9.59 Å². The number of amides is 1. The quantitative estimate of drug-likeness (QED) is 0.622. The lowest BCUT2D eigenvalue weighted by Gasteiger charge is -2.40. The molecule has 2 heterocycles. The lowest BCUT2D eigenvalue weighted by molar-refractivity contribution is -0.141. The molecule has 0 spiro atoms.